The number of nitriles is 3. The van der Waals surface area contributed by atoms with Crippen LogP contribution in [0.4, 0.5) is 47.7 Å². The number of aliphatic hydroxyl groups is 1. The second-order valence-corrected chi connectivity index (χ2v) is 36.3. The van der Waals surface area contributed by atoms with Crippen molar-refractivity contribution < 1.29 is 51.6 Å². The number of nitrogens with zero attached hydrogens (tertiary/aromatic N) is 21. The normalized spacial score (nSPS) is 22.4. The Morgan fingerprint density at radius 2 is 1.00 bits per heavy atom. The number of carbonyl (C=O) groups excluding carboxylic acids is 3. The number of aliphatic hydroxyl groups excluding tert-OH is 1. The van der Waals surface area contributed by atoms with Gasteiger partial charge in [0.25, 0.3) is 5.91 Å². The minimum atomic E-state index is -4.67. The number of fused-ring (bicyclic) bond motifs is 4. The van der Waals surface area contributed by atoms with Crippen molar-refractivity contribution in [2.45, 2.75) is 173 Å². The van der Waals surface area contributed by atoms with Crippen LogP contribution in [-0.4, -0.2) is 284 Å². The molecular weight excluding hydrogens is 1640 g/mol. The van der Waals surface area contributed by atoms with Gasteiger partial charge in [0, 0.05) is 180 Å². The lowest BCUT2D eigenvalue weighted by Gasteiger charge is -2.42. The average Bonchev–Trinajstić information content (AvgIpc) is 1.73. The summed E-state index contributed by atoms with van der Waals surface area (Å²) in [6.07, 6.45) is 4.78. The van der Waals surface area contributed by atoms with Crippen LogP contribution < -0.4 is 43.6 Å². The molecule has 32 heteroatoms. The van der Waals surface area contributed by atoms with Gasteiger partial charge in [0.15, 0.2) is 0 Å². The first kappa shape index (κ1) is 90.6. The lowest BCUT2D eigenvalue weighted by molar-refractivity contribution is -0.130. The van der Waals surface area contributed by atoms with Gasteiger partial charge in [-0.2, -0.15) is 58.9 Å². The van der Waals surface area contributed by atoms with Gasteiger partial charge in [-0.05, 0) is 182 Å². The van der Waals surface area contributed by atoms with Crippen molar-refractivity contribution in [1.29, 1.82) is 15.8 Å². The number of carbonyl (C=O) groups is 3. The fraction of sp³-hybridized carbons (Fsp3) is 0.526. The van der Waals surface area contributed by atoms with Crippen LogP contribution in [0.5, 0.6) is 18.0 Å². The maximum atomic E-state index is 13.8. The molecule has 9 aliphatic heterocycles. The number of alkyl halides is 3. The molecule has 0 bridgehead atoms. The fourth-order valence-electron chi connectivity index (χ4n) is 21.0. The molecule has 3 amide bonds. The van der Waals surface area contributed by atoms with Crippen LogP contribution in [0.25, 0.3) is 10.8 Å². The Hall–Kier alpha value is -11.7. The summed E-state index contributed by atoms with van der Waals surface area (Å²) in [6.45, 7) is 24.7. The third-order valence-electron chi connectivity index (χ3n) is 28.4. The van der Waals surface area contributed by atoms with Crippen LogP contribution in [0.3, 0.4) is 0 Å². The number of hydrogen-bond donors (Lipinski definition) is 1. The Kier molecular flexibility index (Phi) is 27.6. The number of likely N-dealkylation sites (tertiary alicyclic amines) is 3. The Labute approximate surface area is 753 Å². The number of ether oxygens (including phenoxy) is 4. The molecule has 1 N–H and O–H groups in total. The highest BCUT2D eigenvalue weighted by molar-refractivity contribution is 5.98. The second-order valence-electron chi connectivity index (χ2n) is 36.3. The standard InChI is InChI=1S/C97H118F3N21O8/c1-61-15-12-19-84(64(61)4)113-35-27-78-81(54-113)104-96(109-92(78)118-40-43-121(73(53-118)26-33-103)93(125)63(3)57-122)129-60-76-47-70(50-112(76)9)77-21-22-85(66(6)65(77)5)114-36-28-79-82(55-114)105-95(108-90(79)116-38-41-119(71(51-116)24-31-101)87(123)20-14-44-126-10)128-59-75-46-69(49-111(75)8)68-45-67-17-11-16-62(2)89(67)86(48-68)115-37-29-80-83(56-115)106-94(127-58-74-18-13-34-110(74)7)107-91(80)117-39-42-120(72(52-117)25-32-102)88(124)23-30-97(98,99)100/h11-12,14-17,19-23,30,45,48,69-76,122H,3,13,18,24-29,34-44,46-47,49-60H2,1-2,4-10H3/b20-14+,30-23+/t69?,70?,71-,72-,73-,74-,75-,76-/m0/s1. The molecule has 0 aliphatic carbocycles. The summed E-state index contributed by atoms with van der Waals surface area (Å²) in [5, 5.41) is 42.4. The van der Waals surface area contributed by atoms with Crippen molar-refractivity contribution in [2.75, 3.05) is 189 Å². The summed E-state index contributed by atoms with van der Waals surface area (Å²) in [7, 11) is 7.98. The smallest absolute Gasteiger partial charge is 0.409 e. The van der Waals surface area contributed by atoms with E-state index in [4.69, 9.17) is 48.9 Å². The molecule has 0 radical (unpaired) electrons. The maximum absolute atomic E-state index is 13.8. The number of rotatable bonds is 26. The first-order chi connectivity index (χ1) is 62.2. The Balaban J connectivity index is 0.634. The van der Waals surface area contributed by atoms with Crippen molar-refractivity contribution in [2.24, 2.45) is 0 Å². The Bertz CT molecular complexity index is 5580. The van der Waals surface area contributed by atoms with E-state index in [9.17, 15) is 48.4 Å². The quantitative estimate of drug-likeness (QED) is 0.0493. The highest BCUT2D eigenvalue weighted by Gasteiger charge is 2.42. The summed E-state index contributed by atoms with van der Waals surface area (Å²) in [5.74, 6) is 1.17. The molecule has 2 unspecified atom stereocenters. The highest BCUT2D eigenvalue weighted by Crippen LogP contribution is 2.45. The Morgan fingerprint density at radius 1 is 0.519 bits per heavy atom. The molecule has 16 rings (SSSR count). The monoisotopic (exact) mass is 1760 g/mol. The molecule has 4 aromatic carbocycles. The maximum Gasteiger partial charge on any atom is 0.409 e. The first-order valence-electron chi connectivity index (χ1n) is 45.4. The van der Waals surface area contributed by atoms with E-state index in [0.29, 0.717) is 129 Å². The van der Waals surface area contributed by atoms with Gasteiger partial charge in [-0.15, -0.1) is 0 Å². The van der Waals surface area contributed by atoms with E-state index in [1.54, 1.807) is 23.0 Å². The van der Waals surface area contributed by atoms with Gasteiger partial charge >= 0.3 is 24.2 Å². The van der Waals surface area contributed by atoms with E-state index in [2.05, 4.69) is 180 Å². The van der Waals surface area contributed by atoms with Crippen molar-refractivity contribution >= 4 is 63.0 Å². The molecule has 0 saturated carbocycles. The van der Waals surface area contributed by atoms with Gasteiger partial charge in [-0.25, -0.2) is 0 Å². The number of amides is 3. The molecular formula is C97H118F3N21O8. The number of hydrogen-bond acceptors (Lipinski definition) is 26. The number of benzene rings is 4. The number of anilines is 6. The van der Waals surface area contributed by atoms with Crippen LogP contribution in [0.2, 0.25) is 0 Å². The van der Waals surface area contributed by atoms with Crippen LogP contribution in [0.15, 0.2) is 97.1 Å². The zero-order valence-corrected chi connectivity index (χ0v) is 75.6. The molecule has 6 saturated heterocycles. The van der Waals surface area contributed by atoms with Gasteiger partial charge < -0.3 is 73.1 Å². The minimum absolute atomic E-state index is 0.0237. The number of likely N-dealkylation sites (N-methyl/N-ethyl adjacent to an activating group) is 3. The third-order valence-corrected chi connectivity index (χ3v) is 28.4. The lowest BCUT2D eigenvalue weighted by Crippen LogP contribution is -2.56. The molecule has 6 fully saturated rings. The number of aromatic nitrogens is 6. The summed E-state index contributed by atoms with van der Waals surface area (Å²) in [4.78, 5) is 97.3. The zero-order valence-electron chi connectivity index (χ0n) is 75.6. The Morgan fingerprint density at radius 3 is 1.51 bits per heavy atom. The molecule has 12 heterocycles. The topological polar surface area (TPSA) is 296 Å². The van der Waals surface area contributed by atoms with E-state index in [0.717, 1.165) is 131 Å². The number of aryl methyl sites for hydroxylation is 2. The van der Waals surface area contributed by atoms with E-state index < -0.39 is 36.8 Å². The van der Waals surface area contributed by atoms with Gasteiger partial charge in [0.05, 0.1) is 106 Å². The van der Waals surface area contributed by atoms with Gasteiger partial charge in [0.2, 0.25) is 11.8 Å². The molecule has 8 atom stereocenters. The van der Waals surface area contributed by atoms with Crippen LogP contribution in [0, 0.1) is 68.6 Å². The number of allylic oxidation sites excluding steroid dienone is 1. The summed E-state index contributed by atoms with van der Waals surface area (Å²) in [6, 6.07) is 28.4. The zero-order chi connectivity index (χ0) is 90.6. The fourth-order valence-corrected chi connectivity index (χ4v) is 21.0. The van der Waals surface area contributed by atoms with E-state index in [1.165, 1.54) is 44.4 Å². The second kappa shape index (κ2) is 39.3. The molecule has 3 aromatic heterocycles. The third kappa shape index (κ3) is 19.6. The van der Waals surface area contributed by atoms with Crippen molar-refractivity contribution in [3.63, 3.8) is 0 Å². The number of halogens is 3. The van der Waals surface area contributed by atoms with Crippen LogP contribution in [-0.2, 0) is 58.0 Å². The summed E-state index contributed by atoms with van der Waals surface area (Å²) in [5.41, 5.74) is 17.5. The molecule has 9 aliphatic rings. The van der Waals surface area contributed by atoms with Crippen LogP contribution in [0.1, 0.15) is 129 Å². The number of methoxy groups -OCH3 is 1. The van der Waals surface area contributed by atoms with Gasteiger partial charge in [0.1, 0.15) is 37.3 Å². The molecule has 7 aromatic rings. The number of piperazine rings is 3. The largest absolute Gasteiger partial charge is 0.462 e. The van der Waals surface area contributed by atoms with Gasteiger partial charge in [-0.3, -0.25) is 24.2 Å². The average molecular weight is 1760 g/mol. The summed E-state index contributed by atoms with van der Waals surface area (Å²) < 4.78 is 65.4. The predicted octanol–water partition coefficient (Wildman–Crippen LogP) is 10.3. The van der Waals surface area contributed by atoms with Crippen molar-refractivity contribution in [3.8, 4) is 36.2 Å². The SMILES string of the molecule is C=C(CO)C(=O)N1CCN(c2nc(OC[C@@H]3CC(c4ccc(N5CCc6c(nc(OC[C@@H]7CC(c8cc(N9CCc%10c(nc(OC[C@@H]%11CCCN%11C)nc%10N%10CCN(C(=O)/C=C/C(F)(F)F)[C@@H](CC#N)C%10)C9)c9c(C)cccc9c8)CN7C)nc6N6CCN(C(=O)/C=C/COC)[C@@H](CC#N)C6)C5)c(C)c4C)CN3C)nc3c2CCN(c2cccc(C)c2C)C3)C[C@@H]1CC#N. The lowest BCUT2D eigenvalue weighted by atomic mass is 9.89. The first-order valence-corrected chi connectivity index (χ1v) is 45.4. The molecule has 680 valence electrons. The predicted molar refractivity (Wildman–Crippen MR) is 487 cm³/mol. The van der Waals surface area contributed by atoms with Gasteiger partial charge in [-0.1, -0.05) is 55.1 Å². The summed E-state index contributed by atoms with van der Waals surface area (Å²) >= 11 is 0. The molecule has 129 heavy (non-hydrogen) atoms. The van der Waals surface area contributed by atoms with Crippen molar-refractivity contribution in [1.82, 2.24) is 59.3 Å². The molecule has 29 nitrogen and oxygen atoms in total. The van der Waals surface area contributed by atoms with E-state index >= 15 is 0 Å². The van der Waals surface area contributed by atoms with Crippen molar-refractivity contribution in [3.05, 3.63) is 170 Å². The minimum Gasteiger partial charge on any atom is -0.462 e. The van der Waals surface area contributed by atoms with Crippen LogP contribution >= 0.6 is 0 Å². The molecule has 0 spiro atoms. The highest BCUT2D eigenvalue weighted by atomic mass is 19.4. The van der Waals surface area contributed by atoms with E-state index in [-0.39, 0.29) is 111 Å². The van der Waals surface area contributed by atoms with E-state index in [1.807, 2.05) is 4.90 Å².